The third-order valence-electron chi connectivity index (χ3n) is 3.05. The highest BCUT2D eigenvalue weighted by molar-refractivity contribution is 7.85. The molecule has 0 radical (unpaired) electrons. The molecule has 2 rings (SSSR count). The summed E-state index contributed by atoms with van der Waals surface area (Å²) in [6, 6.07) is 5.74. The van der Waals surface area contributed by atoms with Crippen LogP contribution in [0.2, 0.25) is 0 Å². The van der Waals surface area contributed by atoms with Crippen molar-refractivity contribution < 1.29 is 9.00 Å². The van der Waals surface area contributed by atoms with E-state index in [4.69, 9.17) is 0 Å². The summed E-state index contributed by atoms with van der Waals surface area (Å²) in [5, 5.41) is 0. The highest BCUT2D eigenvalue weighted by Crippen LogP contribution is 2.30. The van der Waals surface area contributed by atoms with Crippen LogP contribution >= 0.6 is 0 Å². The summed E-state index contributed by atoms with van der Waals surface area (Å²) >= 11 is 0. The fourth-order valence-corrected chi connectivity index (χ4v) is 2.78. The van der Waals surface area contributed by atoms with Crippen molar-refractivity contribution in [2.45, 2.75) is 31.6 Å². The standard InChI is InChI=1S/C13H16O2S/c1-9-3-6-12(7-10(9)2)16(15)8-13(14)11-4-5-11/h3,6-7,11H,4-5,8H2,1-2H3. The number of carbonyl (C=O) groups is 1. The van der Waals surface area contributed by atoms with Crippen LogP contribution < -0.4 is 0 Å². The number of hydrogen-bond donors (Lipinski definition) is 0. The van der Waals surface area contributed by atoms with Gasteiger partial charge in [-0.3, -0.25) is 9.00 Å². The molecule has 3 heteroatoms. The Hall–Kier alpha value is -0.960. The second-order valence-corrected chi connectivity index (χ2v) is 5.93. The second-order valence-electron chi connectivity index (χ2n) is 4.48. The van der Waals surface area contributed by atoms with Gasteiger partial charge in [0.25, 0.3) is 0 Å². The zero-order valence-corrected chi connectivity index (χ0v) is 10.5. The lowest BCUT2D eigenvalue weighted by atomic mass is 10.1. The van der Waals surface area contributed by atoms with E-state index in [0.29, 0.717) is 0 Å². The van der Waals surface area contributed by atoms with Crippen LogP contribution in [0.5, 0.6) is 0 Å². The number of aryl methyl sites for hydroxylation is 2. The zero-order valence-electron chi connectivity index (χ0n) is 9.66. The molecule has 0 saturated heterocycles. The quantitative estimate of drug-likeness (QED) is 0.804. The van der Waals surface area contributed by atoms with E-state index < -0.39 is 10.8 Å². The SMILES string of the molecule is Cc1ccc(S(=O)CC(=O)C2CC2)cc1C. The third-order valence-corrected chi connectivity index (χ3v) is 4.37. The van der Waals surface area contributed by atoms with Gasteiger partial charge < -0.3 is 0 Å². The van der Waals surface area contributed by atoms with Gasteiger partial charge >= 0.3 is 0 Å². The molecule has 2 nitrogen and oxygen atoms in total. The first-order valence-electron chi connectivity index (χ1n) is 5.56. The lowest BCUT2D eigenvalue weighted by Gasteiger charge is -2.04. The fourth-order valence-electron chi connectivity index (χ4n) is 1.59. The Kier molecular flexibility index (Phi) is 3.24. The van der Waals surface area contributed by atoms with Crippen LogP contribution in [0, 0.1) is 19.8 Å². The first-order valence-corrected chi connectivity index (χ1v) is 6.88. The lowest BCUT2D eigenvalue weighted by Crippen LogP contribution is -2.12. The molecule has 0 heterocycles. The van der Waals surface area contributed by atoms with Crippen LogP contribution in [0.25, 0.3) is 0 Å². The summed E-state index contributed by atoms with van der Waals surface area (Å²) < 4.78 is 11.9. The molecule has 1 aliphatic carbocycles. The van der Waals surface area contributed by atoms with Gasteiger partial charge in [-0.25, -0.2) is 0 Å². The van der Waals surface area contributed by atoms with Crippen LogP contribution in [-0.4, -0.2) is 15.7 Å². The van der Waals surface area contributed by atoms with Crippen LogP contribution in [0.4, 0.5) is 0 Å². The van der Waals surface area contributed by atoms with Crippen LogP contribution in [0.3, 0.4) is 0 Å². The number of Topliss-reactive ketones (excluding diaryl/α,β-unsaturated/α-hetero) is 1. The molecule has 0 aromatic heterocycles. The molecule has 16 heavy (non-hydrogen) atoms. The molecule has 1 aromatic rings. The van der Waals surface area contributed by atoms with Gasteiger partial charge in [0.2, 0.25) is 0 Å². The monoisotopic (exact) mass is 236 g/mol. The predicted molar refractivity (Wildman–Crippen MR) is 64.9 cm³/mol. The van der Waals surface area contributed by atoms with Gasteiger partial charge in [-0.15, -0.1) is 0 Å². The molecule has 0 spiro atoms. The van der Waals surface area contributed by atoms with E-state index in [1.165, 1.54) is 5.56 Å². The largest absolute Gasteiger partial charge is 0.298 e. The highest BCUT2D eigenvalue weighted by atomic mass is 32.2. The molecule has 0 aliphatic heterocycles. The first-order chi connectivity index (χ1) is 7.58. The Morgan fingerprint density at radius 1 is 1.31 bits per heavy atom. The van der Waals surface area contributed by atoms with Crippen molar-refractivity contribution in [3.63, 3.8) is 0 Å². The van der Waals surface area contributed by atoms with Crippen molar-refractivity contribution in [2.24, 2.45) is 5.92 Å². The number of carbonyl (C=O) groups excluding carboxylic acids is 1. The maximum atomic E-state index is 11.9. The number of ketones is 1. The van der Waals surface area contributed by atoms with E-state index in [-0.39, 0.29) is 17.5 Å². The van der Waals surface area contributed by atoms with Crippen molar-refractivity contribution in [2.75, 3.05) is 5.75 Å². The molecular formula is C13H16O2S. The maximum Gasteiger partial charge on any atom is 0.148 e. The Morgan fingerprint density at radius 3 is 2.56 bits per heavy atom. The normalized spacial score (nSPS) is 17.1. The summed E-state index contributed by atoms with van der Waals surface area (Å²) in [6.45, 7) is 4.02. The van der Waals surface area contributed by atoms with E-state index in [1.54, 1.807) is 0 Å². The van der Waals surface area contributed by atoms with Gasteiger partial charge in [0.15, 0.2) is 0 Å². The van der Waals surface area contributed by atoms with Crippen molar-refractivity contribution in [1.82, 2.24) is 0 Å². The molecule has 1 atom stereocenters. The van der Waals surface area contributed by atoms with Crippen molar-refractivity contribution in [3.05, 3.63) is 29.3 Å². The lowest BCUT2D eigenvalue weighted by molar-refractivity contribution is -0.117. The zero-order chi connectivity index (χ0) is 11.7. The molecule has 0 amide bonds. The summed E-state index contributed by atoms with van der Waals surface area (Å²) in [6.07, 6.45) is 1.98. The highest BCUT2D eigenvalue weighted by Gasteiger charge is 2.30. The van der Waals surface area contributed by atoms with E-state index >= 15 is 0 Å². The van der Waals surface area contributed by atoms with Crippen molar-refractivity contribution in [1.29, 1.82) is 0 Å². The minimum Gasteiger partial charge on any atom is -0.298 e. The van der Waals surface area contributed by atoms with E-state index in [0.717, 1.165) is 23.3 Å². The van der Waals surface area contributed by atoms with Crippen molar-refractivity contribution >= 4 is 16.6 Å². The van der Waals surface area contributed by atoms with Gasteiger partial charge in [0.1, 0.15) is 5.78 Å². The van der Waals surface area contributed by atoms with Crippen LogP contribution in [0.1, 0.15) is 24.0 Å². The molecule has 1 unspecified atom stereocenters. The van der Waals surface area contributed by atoms with Crippen molar-refractivity contribution in [3.8, 4) is 0 Å². The maximum absolute atomic E-state index is 11.9. The molecule has 86 valence electrons. The summed E-state index contributed by atoms with van der Waals surface area (Å²) in [4.78, 5) is 12.3. The summed E-state index contributed by atoms with van der Waals surface area (Å²) in [7, 11) is -1.16. The summed E-state index contributed by atoms with van der Waals surface area (Å²) in [5.41, 5.74) is 2.32. The molecule has 0 N–H and O–H groups in total. The molecule has 1 aliphatic rings. The average molecular weight is 236 g/mol. The molecule has 1 saturated carbocycles. The molecule has 1 aromatic carbocycles. The van der Waals surface area contributed by atoms with Gasteiger partial charge in [-0.05, 0) is 49.9 Å². The van der Waals surface area contributed by atoms with Gasteiger partial charge in [-0.1, -0.05) is 6.07 Å². The molecule has 1 fully saturated rings. The smallest absolute Gasteiger partial charge is 0.148 e. The predicted octanol–water partition coefficient (Wildman–Crippen LogP) is 2.39. The molecule has 0 bridgehead atoms. The Bertz CT molecular complexity index is 447. The number of rotatable bonds is 4. The minimum atomic E-state index is -1.16. The number of benzene rings is 1. The second kappa shape index (κ2) is 4.50. The third kappa shape index (κ3) is 2.59. The topological polar surface area (TPSA) is 34.1 Å². The van der Waals surface area contributed by atoms with Gasteiger partial charge in [0, 0.05) is 10.8 Å². The van der Waals surface area contributed by atoms with E-state index in [1.807, 2.05) is 32.0 Å². The average Bonchev–Trinajstić information content (AvgIpc) is 3.05. The minimum absolute atomic E-state index is 0.163. The summed E-state index contributed by atoms with van der Waals surface area (Å²) in [5.74, 6) is 0.555. The molecular weight excluding hydrogens is 220 g/mol. The van der Waals surface area contributed by atoms with Gasteiger partial charge in [0.05, 0.1) is 16.6 Å². The van der Waals surface area contributed by atoms with Crippen LogP contribution in [-0.2, 0) is 15.6 Å². The van der Waals surface area contributed by atoms with E-state index in [2.05, 4.69) is 0 Å². The Labute approximate surface area is 98.5 Å². The first kappa shape index (κ1) is 11.5. The fraction of sp³-hybridized carbons (Fsp3) is 0.462. The Morgan fingerprint density at radius 2 is 2.00 bits per heavy atom. The van der Waals surface area contributed by atoms with Gasteiger partial charge in [-0.2, -0.15) is 0 Å². The van der Waals surface area contributed by atoms with E-state index in [9.17, 15) is 9.00 Å². The Balaban J connectivity index is 2.08. The van der Waals surface area contributed by atoms with Crippen LogP contribution in [0.15, 0.2) is 23.1 Å². The number of hydrogen-bond acceptors (Lipinski definition) is 2.